The van der Waals surface area contributed by atoms with Gasteiger partial charge >= 0.3 is 0 Å². The predicted octanol–water partition coefficient (Wildman–Crippen LogP) is 3.09. The Labute approximate surface area is 156 Å². The topological polar surface area (TPSA) is 71.9 Å². The van der Waals surface area contributed by atoms with Crippen molar-refractivity contribution < 1.29 is 9.18 Å². The highest BCUT2D eigenvalue weighted by Crippen LogP contribution is 2.33. The maximum absolute atomic E-state index is 14.3. The Hall–Kier alpha value is -3.22. The zero-order valence-electron chi connectivity index (χ0n) is 14.6. The molecule has 1 aliphatic heterocycles. The summed E-state index contributed by atoms with van der Waals surface area (Å²) in [6.07, 6.45) is 9.40. The van der Waals surface area contributed by atoms with Gasteiger partial charge < -0.3 is 4.90 Å². The summed E-state index contributed by atoms with van der Waals surface area (Å²) < 4.78 is 14.3. The van der Waals surface area contributed by atoms with Crippen molar-refractivity contribution >= 4 is 5.91 Å². The first-order chi connectivity index (χ1) is 13.2. The largest absolute Gasteiger partial charge is 0.337 e. The Morgan fingerprint density at radius 2 is 1.89 bits per heavy atom. The average Bonchev–Trinajstić information content (AvgIpc) is 2.74. The molecule has 1 aromatic carbocycles. The predicted molar refractivity (Wildman–Crippen MR) is 97.3 cm³/mol. The summed E-state index contributed by atoms with van der Waals surface area (Å²) in [6.45, 7) is 1.15. The number of aromatic nitrogens is 4. The second-order valence-electron chi connectivity index (χ2n) is 6.45. The Morgan fingerprint density at radius 1 is 1.07 bits per heavy atom. The van der Waals surface area contributed by atoms with Crippen molar-refractivity contribution in [2.24, 2.45) is 0 Å². The van der Waals surface area contributed by atoms with Gasteiger partial charge in [0.25, 0.3) is 5.91 Å². The van der Waals surface area contributed by atoms with Crippen molar-refractivity contribution in [2.45, 2.75) is 18.8 Å². The maximum Gasteiger partial charge on any atom is 0.274 e. The Morgan fingerprint density at radius 3 is 2.70 bits per heavy atom. The number of halogens is 1. The molecule has 3 aromatic rings. The molecular weight excluding hydrogens is 345 g/mol. The molecule has 1 unspecified atom stereocenters. The number of hydrogen-bond acceptors (Lipinski definition) is 5. The van der Waals surface area contributed by atoms with Crippen LogP contribution in [-0.2, 0) is 0 Å². The zero-order chi connectivity index (χ0) is 18.6. The molecule has 1 fully saturated rings. The van der Waals surface area contributed by atoms with Crippen LogP contribution in [0.15, 0.2) is 55.2 Å². The summed E-state index contributed by atoms with van der Waals surface area (Å²) in [4.78, 5) is 31.4. The third-order valence-electron chi connectivity index (χ3n) is 4.73. The lowest BCUT2D eigenvalue weighted by Crippen LogP contribution is -2.39. The lowest BCUT2D eigenvalue weighted by Gasteiger charge is -2.32. The third kappa shape index (κ3) is 3.53. The number of hydrogen-bond donors (Lipinski definition) is 0. The van der Waals surface area contributed by atoms with E-state index in [1.54, 1.807) is 35.5 Å². The molecule has 2 aromatic heterocycles. The summed E-state index contributed by atoms with van der Waals surface area (Å²) in [5, 5.41) is 0. The van der Waals surface area contributed by atoms with Crippen LogP contribution in [0.25, 0.3) is 11.3 Å². The first-order valence-electron chi connectivity index (χ1n) is 8.85. The van der Waals surface area contributed by atoms with Crippen molar-refractivity contribution in [3.63, 3.8) is 0 Å². The fourth-order valence-corrected chi connectivity index (χ4v) is 3.46. The lowest BCUT2D eigenvalue weighted by atomic mass is 9.91. The second-order valence-corrected chi connectivity index (χ2v) is 6.45. The van der Waals surface area contributed by atoms with Crippen LogP contribution >= 0.6 is 0 Å². The van der Waals surface area contributed by atoms with E-state index in [0.717, 1.165) is 18.5 Å². The van der Waals surface area contributed by atoms with Gasteiger partial charge in [0.05, 0.1) is 17.6 Å². The van der Waals surface area contributed by atoms with Gasteiger partial charge in [-0.05, 0) is 25.0 Å². The normalized spacial score (nSPS) is 16.9. The molecule has 0 bridgehead atoms. The number of amides is 1. The van der Waals surface area contributed by atoms with Crippen molar-refractivity contribution in [3.8, 4) is 11.3 Å². The summed E-state index contributed by atoms with van der Waals surface area (Å²) in [7, 11) is 0. The maximum atomic E-state index is 14.3. The molecule has 0 radical (unpaired) electrons. The molecule has 27 heavy (non-hydrogen) atoms. The van der Waals surface area contributed by atoms with Crippen LogP contribution < -0.4 is 0 Å². The van der Waals surface area contributed by atoms with Gasteiger partial charge in [-0.25, -0.2) is 9.37 Å². The van der Waals surface area contributed by atoms with E-state index in [4.69, 9.17) is 0 Å². The molecule has 1 atom stereocenters. The first kappa shape index (κ1) is 17.2. The van der Waals surface area contributed by atoms with Gasteiger partial charge in [-0.2, -0.15) is 0 Å². The highest BCUT2D eigenvalue weighted by atomic mass is 19.1. The van der Waals surface area contributed by atoms with Gasteiger partial charge in [-0.1, -0.05) is 12.1 Å². The van der Waals surface area contributed by atoms with Crippen LogP contribution in [0, 0.1) is 5.82 Å². The average molecular weight is 363 g/mol. The third-order valence-corrected chi connectivity index (χ3v) is 4.73. The van der Waals surface area contributed by atoms with Crippen molar-refractivity contribution in [1.82, 2.24) is 24.8 Å². The molecule has 1 saturated heterocycles. The molecular formula is C20H18FN5O. The monoisotopic (exact) mass is 363 g/mol. The van der Waals surface area contributed by atoms with Crippen LogP contribution in [-0.4, -0.2) is 43.8 Å². The molecule has 4 rings (SSSR count). The van der Waals surface area contributed by atoms with Crippen molar-refractivity contribution in [3.05, 3.63) is 72.5 Å². The highest BCUT2D eigenvalue weighted by molar-refractivity contribution is 5.92. The van der Waals surface area contributed by atoms with E-state index in [9.17, 15) is 9.18 Å². The van der Waals surface area contributed by atoms with E-state index in [-0.39, 0.29) is 17.6 Å². The highest BCUT2D eigenvalue weighted by Gasteiger charge is 2.29. The summed E-state index contributed by atoms with van der Waals surface area (Å²) in [5.74, 6) is -0.491. The van der Waals surface area contributed by atoms with Crippen LogP contribution in [0.4, 0.5) is 4.39 Å². The van der Waals surface area contributed by atoms with Gasteiger partial charge in [0.2, 0.25) is 0 Å². The number of nitrogens with zero attached hydrogens (tertiary/aromatic N) is 5. The van der Waals surface area contributed by atoms with Gasteiger partial charge in [-0.3, -0.25) is 19.7 Å². The number of likely N-dealkylation sites (tertiary alicyclic amines) is 1. The molecule has 0 aliphatic carbocycles. The van der Waals surface area contributed by atoms with Gasteiger partial charge in [0, 0.05) is 49.4 Å². The summed E-state index contributed by atoms with van der Waals surface area (Å²) in [6, 6.07) is 6.55. The number of carbonyl (C=O) groups is 1. The van der Waals surface area contributed by atoms with Crippen LogP contribution in [0.3, 0.4) is 0 Å². The fourth-order valence-electron chi connectivity index (χ4n) is 3.46. The Bertz CT molecular complexity index is 950. The second kappa shape index (κ2) is 7.57. The van der Waals surface area contributed by atoms with Crippen molar-refractivity contribution in [1.29, 1.82) is 0 Å². The molecule has 3 heterocycles. The van der Waals surface area contributed by atoms with Gasteiger partial charge in [0.1, 0.15) is 11.5 Å². The van der Waals surface area contributed by atoms with E-state index in [0.29, 0.717) is 30.0 Å². The van der Waals surface area contributed by atoms with Crippen molar-refractivity contribution in [2.75, 3.05) is 13.1 Å². The fraction of sp³-hybridized carbons (Fsp3) is 0.250. The molecule has 1 amide bonds. The van der Waals surface area contributed by atoms with Gasteiger partial charge in [-0.15, -0.1) is 0 Å². The molecule has 0 saturated carbocycles. The van der Waals surface area contributed by atoms with Gasteiger partial charge in [0.15, 0.2) is 0 Å². The molecule has 7 heteroatoms. The Kier molecular flexibility index (Phi) is 4.82. The SMILES string of the molecule is O=C(c1cnccn1)N1CCCC(c2nccnc2-c2ccccc2F)C1. The number of piperidine rings is 1. The number of benzene rings is 1. The van der Waals surface area contributed by atoms with E-state index >= 15 is 0 Å². The molecule has 0 N–H and O–H groups in total. The van der Waals surface area contributed by atoms with Crippen LogP contribution in [0.5, 0.6) is 0 Å². The number of carbonyl (C=O) groups excluding carboxylic acids is 1. The zero-order valence-corrected chi connectivity index (χ0v) is 14.6. The minimum atomic E-state index is -0.331. The standard InChI is InChI=1S/C20H18FN5O/c21-16-6-2-1-5-15(16)19-18(24-9-10-25-19)14-4-3-11-26(13-14)20(27)17-12-22-7-8-23-17/h1-2,5-10,12,14H,3-4,11,13H2. The smallest absolute Gasteiger partial charge is 0.274 e. The van der Waals surface area contributed by atoms with E-state index in [1.807, 2.05) is 0 Å². The summed E-state index contributed by atoms with van der Waals surface area (Å²) >= 11 is 0. The molecule has 0 spiro atoms. The van der Waals surface area contributed by atoms with Crippen LogP contribution in [0.2, 0.25) is 0 Å². The Balaban J connectivity index is 1.63. The molecule has 1 aliphatic rings. The lowest BCUT2D eigenvalue weighted by molar-refractivity contribution is 0.0699. The van der Waals surface area contributed by atoms with E-state index < -0.39 is 0 Å². The van der Waals surface area contributed by atoms with Crippen LogP contribution in [0.1, 0.15) is 34.9 Å². The minimum Gasteiger partial charge on any atom is -0.337 e. The minimum absolute atomic E-state index is 0.0114. The quantitative estimate of drug-likeness (QED) is 0.715. The number of rotatable bonds is 3. The van der Waals surface area contributed by atoms with E-state index in [1.165, 1.54) is 24.7 Å². The molecule has 136 valence electrons. The molecule has 6 nitrogen and oxygen atoms in total. The first-order valence-corrected chi connectivity index (χ1v) is 8.85. The van der Waals surface area contributed by atoms with E-state index in [2.05, 4.69) is 19.9 Å². The summed E-state index contributed by atoms with van der Waals surface area (Å²) in [5.41, 5.74) is 2.01.